The lowest BCUT2D eigenvalue weighted by Crippen LogP contribution is -2.48. The summed E-state index contributed by atoms with van der Waals surface area (Å²) in [5.41, 5.74) is 0. The van der Waals surface area contributed by atoms with Crippen LogP contribution in [0.1, 0.15) is 0 Å². The molecule has 1 heterocycles. The van der Waals surface area contributed by atoms with E-state index in [1.807, 2.05) is 4.90 Å². The first-order valence-electron chi connectivity index (χ1n) is 6.30. The van der Waals surface area contributed by atoms with Crippen LogP contribution in [-0.4, -0.2) is 48.8 Å². The Labute approximate surface area is 141 Å². The van der Waals surface area contributed by atoms with Crippen LogP contribution in [0, 0.1) is 0 Å². The SMILES string of the molecule is O=C(COc1ccc(Br)cc1Cl)NC(=S)N1CCOCC1. The Morgan fingerprint density at radius 3 is 2.86 bits per heavy atom. The van der Waals surface area contributed by atoms with Gasteiger partial charge in [0, 0.05) is 17.6 Å². The van der Waals surface area contributed by atoms with Crippen LogP contribution >= 0.6 is 39.7 Å². The molecule has 1 aromatic rings. The van der Waals surface area contributed by atoms with Gasteiger partial charge in [0.15, 0.2) is 11.7 Å². The number of carbonyl (C=O) groups excluding carboxylic acids is 1. The zero-order chi connectivity index (χ0) is 15.2. The van der Waals surface area contributed by atoms with Crippen molar-refractivity contribution in [2.24, 2.45) is 0 Å². The smallest absolute Gasteiger partial charge is 0.264 e. The minimum atomic E-state index is -0.314. The predicted octanol–water partition coefficient (Wildman–Crippen LogP) is 2.21. The maximum absolute atomic E-state index is 11.8. The zero-order valence-electron chi connectivity index (χ0n) is 11.1. The van der Waals surface area contributed by atoms with Gasteiger partial charge in [-0.1, -0.05) is 27.5 Å². The number of nitrogens with zero attached hydrogens (tertiary/aromatic N) is 1. The van der Waals surface area contributed by atoms with Crippen molar-refractivity contribution in [3.63, 3.8) is 0 Å². The number of rotatable bonds is 3. The van der Waals surface area contributed by atoms with Gasteiger partial charge in [-0.05, 0) is 30.4 Å². The molecule has 1 aromatic carbocycles. The summed E-state index contributed by atoms with van der Waals surface area (Å²) in [5.74, 6) is 0.137. The van der Waals surface area contributed by atoms with Crippen LogP contribution in [-0.2, 0) is 9.53 Å². The van der Waals surface area contributed by atoms with E-state index >= 15 is 0 Å². The molecule has 0 unspecified atom stereocenters. The molecule has 0 aliphatic carbocycles. The molecule has 2 rings (SSSR count). The van der Waals surface area contributed by atoms with E-state index in [0.717, 1.165) is 4.47 Å². The number of benzene rings is 1. The van der Waals surface area contributed by atoms with Crippen LogP contribution in [0.25, 0.3) is 0 Å². The monoisotopic (exact) mass is 392 g/mol. The molecular weight excluding hydrogens is 380 g/mol. The standard InChI is InChI=1S/C13H14BrClN2O3S/c14-9-1-2-11(10(15)7-9)20-8-12(18)16-13(21)17-3-5-19-6-4-17/h1-2,7H,3-6,8H2,(H,16,18,21). The van der Waals surface area contributed by atoms with Crippen molar-refractivity contribution in [3.05, 3.63) is 27.7 Å². The van der Waals surface area contributed by atoms with Gasteiger partial charge in [0.1, 0.15) is 5.75 Å². The summed E-state index contributed by atoms with van der Waals surface area (Å²) in [6, 6.07) is 5.19. The maximum Gasteiger partial charge on any atom is 0.264 e. The van der Waals surface area contributed by atoms with Crippen molar-refractivity contribution in [2.75, 3.05) is 32.9 Å². The zero-order valence-corrected chi connectivity index (χ0v) is 14.3. The van der Waals surface area contributed by atoms with Gasteiger partial charge >= 0.3 is 0 Å². The molecule has 0 radical (unpaired) electrons. The number of carbonyl (C=O) groups is 1. The molecule has 5 nitrogen and oxygen atoms in total. The van der Waals surface area contributed by atoms with Crippen molar-refractivity contribution < 1.29 is 14.3 Å². The number of hydrogen-bond donors (Lipinski definition) is 1. The lowest BCUT2D eigenvalue weighted by atomic mass is 10.3. The molecule has 0 bridgehead atoms. The van der Waals surface area contributed by atoms with E-state index in [0.29, 0.717) is 42.2 Å². The molecule has 1 aliphatic rings. The van der Waals surface area contributed by atoms with E-state index < -0.39 is 0 Å². The maximum atomic E-state index is 11.8. The molecular formula is C13H14BrClN2O3S. The molecule has 21 heavy (non-hydrogen) atoms. The van der Waals surface area contributed by atoms with E-state index in [-0.39, 0.29) is 12.5 Å². The van der Waals surface area contributed by atoms with E-state index in [4.69, 9.17) is 33.3 Å². The van der Waals surface area contributed by atoms with Crippen molar-refractivity contribution in [1.82, 2.24) is 10.2 Å². The summed E-state index contributed by atoms with van der Waals surface area (Å²) < 4.78 is 11.4. The van der Waals surface area contributed by atoms with Crippen LogP contribution in [0.3, 0.4) is 0 Å². The Kier molecular flexibility index (Phi) is 6.22. The number of nitrogens with one attached hydrogen (secondary N) is 1. The highest BCUT2D eigenvalue weighted by Crippen LogP contribution is 2.27. The molecule has 0 spiro atoms. The Morgan fingerprint density at radius 1 is 1.48 bits per heavy atom. The summed E-state index contributed by atoms with van der Waals surface area (Å²) in [4.78, 5) is 13.7. The number of morpholine rings is 1. The van der Waals surface area contributed by atoms with Gasteiger partial charge in [-0.2, -0.15) is 0 Å². The number of halogens is 2. The fourth-order valence-corrected chi connectivity index (χ4v) is 2.76. The van der Waals surface area contributed by atoms with Gasteiger partial charge in [-0.15, -0.1) is 0 Å². The molecule has 0 saturated carbocycles. The Bertz CT molecular complexity index is 538. The normalized spacial score (nSPS) is 14.7. The Morgan fingerprint density at radius 2 is 2.19 bits per heavy atom. The third kappa shape index (κ3) is 5.10. The first-order chi connectivity index (χ1) is 10.1. The molecule has 1 amide bonds. The average Bonchev–Trinajstić information content (AvgIpc) is 2.47. The number of ether oxygens (including phenoxy) is 2. The minimum absolute atomic E-state index is 0.147. The van der Waals surface area contributed by atoms with E-state index in [1.165, 1.54) is 0 Å². The van der Waals surface area contributed by atoms with Gasteiger partial charge in [-0.25, -0.2) is 0 Å². The lowest BCUT2D eigenvalue weighted by Gasteiger charge is -2.28. The van der Waals surface area contributed by atoms with Crippen molar-refractivity contribution in [3.8, 4) is 5.75 Å². The minimum Gasteiger partial charge on any atom is -0.482 e. The van der Waals surface area contributed by atoms with Gasteiger partial charge < -0.3 is 19.7 Å². The molecule has 1 saturated heterocycles. The van der Waals surface area contributed by atoms with Crippen LogP contribution in [0.4, 0.5) is 0 Å². The highest BCUT2D eigenvalue weighted by Gasteiger charge is 2.16. The summed E-state index contributed by atoms with van der Waals surface area (Å²) in [5, 5.41) is 3.47. The Hall–Kier alpha value is -0.890. The van der Waals surface area contributed by atoms with Crippen molar-refractivity contribution in [1.29, 1.82) is 0 Å². The number of hydrogen-bond acceptors (Lipinski definition) is 4. The number of amides is 1. The van der Waals surface area contributed by atoms with Crippen molar-refractivity contribution >= 4 is 50.8 Å². The van der Waals surface area contributed by atoms with E-state index in [9.17, 15) is 4.79 Å². The van der Waals surface area contributed by atoms with Crippen molar-refractivity contribution in [2.45, 2.75) is 0 Å². The fourth-order valence-electron chi connectivity index (χ4n) is 1.74. The third-order valence-corrected chi connectivity index (χ3v) is 3.95. The molecule has 1 N–H and O–H groups in total. The van der Waals surface area contributed by atoms with Gasteiger partial charge in [0.25, 0.3) is 5.91 Å². The largest absolute Gasteiger partial charge is 0.482 e. The first-order valence-corrected chi connectivity index (χ1v) is 7.88. The predicted molar refractivity (Wildman–Crippen MR) is 87.8 cm³/mol. The fraction of sp³-hybridized carbons (Fsp3) is 0.385. The quantitative estimate of drug-likeness (QED) is 0.798. The third-order valence-electron chi connectivity index (χ3n) is 2.80. The molecule has 1 aliphatic heterocycles. The molecule has 1 fully saturated rings. The van der Waals surface area contributed by atoms with E-state index in [2.05, 4.69) is 21.2 Å². The summed E-state index contributed by atoms with van der Waals surface area (Å²) >= 11 is 14.5. The molecule has 0 aromatic heterocycles. The topological polar surface area (TPSA) is 50.8 Å². The van der Waals surface area contributed by atoms with Gasteiger partial charge in [-0.3, -0.25) is 4.79 Å². The van der Waals surface area contributed by atoms with Crippen LogP contribution in [0.15, 0.2) is 22.7 Å². The highest BCUT2D eigenvalue weighted by atomic mass is 79.9. The first kappa shape index (κ1) is 16.5. The van der Waals surface area contributed by atoms with Crippen LogP contribution < -0.4 is 10.1 Å². The second-order valence-corrected chi connectivity index (χ2v) is 6.03. The van der Waals surface area contributed by atoms with Crippen LogP contribution in [0.5, 0.6) is 5.75 Å². The summed E-state index contributed by atoms with van der Waals surface area (Å²) in [7, 11) is 0. The Balaban J connectivity index is 1.80. The van der Waals surface area contributed by atoms with Gasteiger partial charge in [0.2, 0.25) is 0 Å². The second-order valence-electron chi connectivity index (χ2n) is 4.32. The molecule has 0 atom stereocenters. The number of thiocarbonyl (C=S) groups is 1. The average molecular weight is 394 g/mol. The second kappa shape index (κ2) is 7.93. The highest BCUT2D eigenvalue weighted by molar-refractivity contribution is 9.10. The lowest BCUT2D eigenvalue weighted by molar-refractivity contribution is -0.121. The molecule has 8 heteroatoms. The van der Waals surface area contributed by atoms with Crippen LogP contribution in [0.2, 0.25) is 5.02 Å². The molecule has 114 valence electrons. The summed E-state index contributed by atoms with van der Waals surface area (Å²) in [6.45, 7) is 2.44. The van der Waals surface area contributed by atoms with Gasteiger partial charge in [0.05, 0.1) is 18.2 Å². The van der Waals surface area contributed by atoms with E-state index in [1.54, 1.807) is 18.2 Å². The summed E-state index contributed by atoms with van der Waals surface area (Å²) in [6.07, 6.45) is 0.